The molecule has 2 fully saturated rings. The van der Waals surface area contributed by atoms with Crippen molar-refractivity contribution in [2.75, 3.05) is 5.32 Å². The molecule has 1 aromatic carbocycles. The van der Waals surface area contributed by atoms with E-state index in [9.17, 15) is 29.4 Å². The standard InChI is InChI=1S/C24H32ClN3O7/c1-6-23(7-2)17(27-20(33)26-13-10-8-12(25)9-11-13)14-15(18(29)30)16(14)24(23,19(31)32)28-21(34)35-22(3,4)5/h8-11,14-17H,6-7H2,1-5H3,(H,28,34)(H,29,30)(H,31,32)(H2,26,27,33)/t14-,15-,16+,17+,24-/m1/s1. The summed E-state index contributed by atoms with van der Waals surface area (Å²) in [7, 11) is 0. The van der Waals surface area contributed by atoms with Gasteiger partial charge in [-0.25, -0.2) is 14.4 Å². The lowest BCUT2D eigenvalue weighted by molar-refractivity contribution is -0.155. The van der Waals surface area contributed by atoms with Gasteiger partial charge in [-0.2, -0.15) is 0 Å². The minimum Gasteiger partial charge on any atom is -0.481 e. The molecule has 1 aromatic rings. The topological polar surface area (TPSA) is 154 Å². The average molecular weight is 510 g/mol. The highest BCUT2D eigenvalue weighted by Crippen LogP contribution is 2.71. The van der Waals surface area contributed by atoms with Gasteiger partial charge in [-0.15, -0.1) is 0 Å². The van der Waals surface area contributed by atoms with Crippen molar-refractivity contribution < 1.29 is 34.1 Å². The normalized spacial score (nSPS) is 28.4. The summed E-state index contributed by atoms with van der Waals surface area (Å²) in [5.74, 6) is -5.19. The van der Waals surface area contributed by atoms with Gasteiger partial charge < -0.3 is 30.9 Å². The van der Waals surface area contributed by atoms with Crippen molar-refractivity contribution in [3.8, 4) is 0 Å². The fourth-order valence-corrected chi connectivity index (χ4v) is 6.10. The lowest BCUT2D eigenvalue weighted by Crippen LogP contribution is -2.69. The van der Waals surface area contributed by atoms with E-state index >= 15 is 0 Å². The van der Waals surface area contributed by atoms with Crippen LogP contribution in [0.5, 0.6) is 0 Å². The predicted molar refractivity (Wildman–Crippen MR) is 128 cm³/mol. The van der Waals surface area contributed by atoms with Gasteiger partial charge in [0.1, 0.15) is 5.60 Å². The molecule has 0 spiro atoms. The fourth-order valence-electron chi connectivity index (χ4n) is 5.98. The Bertz CT molecular complexity index is 1020. The summed E-state index contributed by atoms with van der Waals surface area (Å²) in [5.41, 5.74) is -3.56. The van der Waals surface area contributed by atoms with Gasteiger partial charge in [0.15, 0.2) is 5.54 Å². The van der Waals surface area contributed by atoms with Crippen molar-refractivity contribution in [3.05, 3.63) is 29.3 Å². The minimum atomic E-state index is -1.95. The molecular formula is C24H32ClN3O7. The maximum Gasteiger partial charge on any atom is 0.408 e. The Kier molecular flexibility index (Phi) is 7.00. The molecule has 3 amide bonds. The molecule has 0 heterocycles. The molecule has 2 saturated carbocycles. The van der Waals surface area contributed by atoms with Crippen LogP contribution in [0, 0.1) is 23.2 Å². The van der Waals surface area contributed by atoms with Gasteiger partial charge in [-0.1, -0.05) is 25.4 Å². The van der Waals surface area contributed by atoms with E-state index in [0.717, 1.165) is 0 Å². The minimum absolute atomic E-state index is 0.261. The number of fused-ring (bicyclic) bond motifs is 1. The van der Waals surface area contributed by atoms with Crippen LogP contribution in [-0.2, 0) is 14.3 Å². The van der Waals surface area contributed by atoms with E-state index in [1.54, 1.807) is 58.9 Å². The zero-order chi connectivity index (χ0) is 26.3. The average Bonchev–Trinajstić information content (AvgIpc) is 3.44. The van der Waals surface area contributed by atoms with Crippen molar-refractivity contribution >= 4 is 41.4 Å². The zero-order valence-corrected chi connectivity index (χ0v) is 21.1. The molecule has 10 nitrogen and oxygen atoms in total. The number of halogens is 1. The molecule has 0 radical (unpaired) electrons. The fraction of sp³-hybridized carbons (Fsp3) is 0.583. The van der Waals surface area contributed by atoms with Crippen LogP contribution in [-0.4, -0.2) is 51.5 Å². The van der Waals surface area contributed by atoms with E-state index < -0.39 is 64.4 Å². The number of anilines is 1. The highest BCUT2D eigenvalue weighted by molar-refractivity contribution is 6.30. The van der Waals surface area contributed by atoms with Crippen LogP contribution < -0.4 is 16.0 Å². The number of hydrogen-bond donors (Lipinski definition) is 5. The molecule has 2 aliphatic carbocycles. The van der Waals surface area contributed by atoms with Crippen LogP contribution in [0.25, 0.3) is 0 Å². The first-order valence-corrected chi connectivity index (χ1v) is 11.9. The van der Waals surface area contributed by atoms with Gasteiger partial charge in [-0.05, 0) is 63.8 Å². The first-order valence-electron chi connectivity index (χ1n) is 11.5. The summed E-state index contributed by atoms with van der Waals surface area (Å²) < 4.78 is 5.35. The number of carboxylic acid groups (broad SMARTS) is 2. The van der Waals surface area contributed by atoms with Gasteiger partial charge in [0.25, 0.3) is 0 Å². The number of carbonyl (C=O) groups is 4. The van der Waals surface area contributed by atoms with Crippen molar-refractivity contribution in [1.82, 2.24) is 10.6 Å². The second-order valence-corrected chi connectivity index (χ2v) is 10.6. The molecule has 0 aliphatic heterocycles. The quantitative estimate of drug-likeness (QED) is 0.373. The van der Waals surface area contributed by atoms with E-state index in [2.05, 4.69) is 16.0 Å². The number of hydrogen-bond acceptors (Lipinski definition) is 5. The molecule has 3 rings (SSSR count). The van der Waals surface area contributed by atoms with Crippen molar-refractivity contribution in [2.24, 2.45) is 23.2 Å². The van der Waals surface area contributed by atoms with Gasteiger partial charge >= 0.3 is 24.1 Å². The van der Waals surface area contributed by atoms with Crippen molar-refractivity contribution in [1.29, 1.82) is 0 Å². The maximum atomic E-state index is 12.9. The van der Waals surface area contributed by atoms with E-state index in [-0.39, 0.29) is 12.8 Å². The smallest absolute Gasteiger partial charge is 0.408 e. The lowest BCUT2D eigenvalue weighted by atomic mass is 9.62. The first-order chi connectivity index (χ1) is 16.2. The number of amides is 3. The van der Waals surface area contributed by atoms with E-state index in [1.807, 2.05) is 0 Å². The third kappa shape index (κ3) is 4.51. The van der Waals surface area contributed by atoms with Crippen LogP contribution in [0.15, 0.2) is 24.3 Å². The molecule has 5 N–H and O–H groups in total. The highest BCUT2D eigenvalue weighted by Gasteiger charge is 2.84. The number of carbonyl (C=O) groups excluding carboxylic acids is 2. The zero-order valence-electron chi connectivity index (χ0n) is 20.3. The van der Waals surface area contributed by atoms with Gasteiger partial charge in [0.2, 0.25) is 0 Å². The van der Waals surface area contributed by atoms with Gasteiger partial charge in [0.05, 0.1) is 5.92 Å². The number of rotatable bonds is 7. The maximum absolute atomic E-state index is 12.9. The number of ether oxygens (including phenoxy) is 1. The number of aliphatic carboxylic acids is 2. The number of nitrogens with one attached hydrogen (secondary N) is 3. The number of benzene rings is 1. The lowest BCUT2D eigenvalue weighted by Gasteiger charge is -2.48. The first kappa shape index (κ1) is 26.6. The number of urea groups is 1. The molecule has 11 heteroatoms. The van der Waals surface area contributed by atoms with Crippen LogP contribution >= 0.6 is 11.6 Å². The van der Waals surface area contributed by atoms with Crippen LogP contribution in [0.1, 0.15) is 47.5 Å². The Hall–Kier alpha value is -3.01. The highest BCUT2D eigenvalue weighted by atomic mass is 35.5. The molecular weight excluding hydrogens is 478 g/mol. The van der Waals surface area contributed by atoms with Gasteiger partial charge in [-0.3, -0.25) is 4.79 Å². The number of carboxylic acids is 2. The molecule has 0 bridgehead atoms. The summed E-state index contributed by atoms with van der Waals surface area (Å²) in [6.45, 7) is 8.47. The Morgan fingerprint density at radius 2 is 1.63 bits per heavy atom. The largest absolute Gasteiger partial charge is 0.481 e. The monoisotopic (exact) mass is 509 g/mol. The summed E-state index contributed by atoms with van der Waals surface area (Å²) in [4.78, 5) is 50.7. The molecule has 0 aromatic heterocycles. The second-order valence-electron chi connectivity index (χ2n) is 10.2. The van der Waals surface area contributed by atoms with Crippen LogP contribution in [0.2, 0.25) is 5.02 Å². The van der Waals surface area contributed by atoms with Crippen molar-refractivity contribution in [3.63, 3.8) is 0 Å². The Balaban J connectivity index is 2.01. The summed E-state index contributed by atoms with van der Waals surface area (Å²) in [6, 6.07) is 4.97. The number of alkyl carbamates (subject to hydrolysis) is 1. The summed E-state index contributed by atoms with van der Waals surface area (Å²) in [6.07, 6.45) is -0.430. The molecule has 5 atom stereocenters. The summed E-state index contributed by atoms with van der Waals surface area (Å²) >= 11 is 5.89. The third-order valence-corrected chi connectivity index (χ3v) is 7.56. The Morgan fingerprint density at radius 1 is 1.06 bits per heavy atom. The molecule has 192 valence electrons. The second kappa shape index (κ2) is 9.22. The molecule has 0 saturated heterocycles. The Labute approximate surface area is 208 Å². The van der Waals surface area contributed by atoms with Crippen LogP contribution in [0.4, 0.5) is 15.3 Å². The van der Waals surface area contributed by atoms with Crippen molar-refractivity contribution in [2.45, 2.75) is 64.6 Å². The van der Waals surface area contributed by atoms with Crippen LogP contribution in [0.3, 0.4) is 0 Å². The summed E-state index contributed by atoms with van der Waals surface area (Å²) in [5, 5.41) is 28.9. The van der Waals surface area contributed by atoms with Gasteiger partial charge in [0, 0.05) is 28.1 Å². The third-order valence-electron chi connectivity index (χ3n) is 7.31. The van der Waals surface area contributed by atoms with E-state index in [0.29, 0.717) is 10.7 Å². The Morgan fingerprint density at radius 3 is 2.09 bits per heavy atom. The van der Waals surface area contributed by atoms with E-state index in [1.165, 1.54) is 0 Å². The SMILES string of the molecule is CCC1(CC)[C@@H](NC(=O)Nc2ccc(Cl)cc2)[C@@H]2[C@@H](C(=O)O)[C@H]2[C@@]1(NC(=O)OC(C)(C)C)C(=O)O. The molecule has 2 aliphatic rings. The molecule has 35 heavy (non-hydrogen) atoms. The molecule has 0 unspecified atom stereocenters. The van der Waals surface area contributed by atoms with E-state index in [4.69, 9.17) is 16.3 Å². The predicted octanol–water partition coefficient (Wildman–Crippen LogP) is 3.95.